The van der Waals surface area contributed by atoms with Gasteiger partial charge in [0.15, 0.2) is 0 Å². The fourth-order valence-electron chi connectivity index (χ4n) is 2.83. The molecule has 1 aliphatic heterocycles. The summed E-state index contributed by atoms with van der Waals surface area (Å²) in [5, 5.41) is 9.66. The van der Waals surface area contributed by atoms with Gasteiger partial charge in [-0.3, -0.25) is 19.5 Å². The first kappa shape index (κ1) is 19.0. The van der Waals surface area contributed by atoms with Crippen LogP contribution in [0.5, 0.6) is 0 Å². The maximum Gasteiger partial charge on any atom is 0.274 e. The molecule has 1 atom stereocenters. The van der Waals surface area contributed by atoms with Gasteiger partial charge in [-0.2, -0.15) is 5.10 Å². The molecule has 0 aliphatic carbocycles. The molecule has 0 saturated carbocycles. The molecule has 1 unspecified atom stereocenters. The second-order valence-electron chi connectivity index (χ2n) is 7.44. The average Bonchev–Trinajstić information content (AvgIpc) is 2.93. The molecule has 2 rings (SSSR count). The van der Waals surface area contributed by atoms with E-state index in [1.165, 1.54) is 6.92 Å². The van der Waals surface area contributed by atoms with Gasteiger partial charge >= 0.3 is 0 Å². The Morgan fingerprint density at radius 1 is 1.20 bits per heavy atom. The van der Waals surface area contributed by atoms with Crippen LogP contribution in [0.4, 0.5) is 0 Å². The fourth-order valence-corrected chi connectivity index (χ4v) is 2.83. The number of hydrogen-bond donors (Lipinski definition) is 2. The van der Waals surface area contributed by atoms with Crippen molar-refractivity contribution < 1.29 is 14.4 Å². The van der Waals surface area contributed by atoms with E-state index in [4.69, 9.17) is 0 Å². The molecule has 8 nitrogen and oxygen atoms in total. The molecule has 0 aromatic carbocycles. The van der Waals surface area contributed by atoms with Crippen LogP contribution in [0.1, 0.15) is 43.9 Å². The van der Waals surface area contributed by atoms with Gasteiger partial charge in [-0.05, 0) is 6.07 Å². The molecule has 25 heavy (non-hydrogen) atoms. The van der Waals surface area contributed by atoms with Crippen LogP contribution in [0.3, 0.4) is 0 Å². The lowest BCUT2D eigenvalue weighted by molar-refractivity contribution is -0.130. The van der Waals surface area contributed by atoms with E-state index in [9.17, 15) is 14.4 Å². The Kier molecular flexibility index (Phi) is 5.49. The zero-order valence-corrected chi connectivity index (χ0v) is 15.5. The van der Waals surface area contributed by atoms with E-state index < -0.39 is 5.92 Å². The van der Waals surface area contributed by atoms with Gasteiger partial charge in [0.2, 0.25) is 11.8 Å². The van der Waals surface area contributed by atoms with Crippen molar-refractivity contribution in [1.29, 1.82) is 0 Å². The lowest BCUT2D eigenvalue weighted by atomic mass is 9.92. The van der Waals surface area contributed by atoms with E-state index in [1.54, 1.807) is 22.9 Å². The lowest BCUT2D eigenvalue weighted by Gasteiger charge is -2.22. The van der Waals surface area contributed by atoms with E-state index in [-0.39, 0.29) is 29.7 Å². The molecule has 138 valence electrons. The minimum Gasteiger partial charge on any atom is -0.359 e. The topological polar surface area (TPSA) is 98.4 Å². The highest BCUT2D eigenvalue weighted by molar-refractivity contribution is 5.93. The molecule has 1 fully saturated rings. The van der Waals surface area contributed by atoms with Crippen molar-refractivity contribution >= 4 is 17.7 Å². The van der Waals surface area contributed by atoms with E-state index in [0.29, 0.717) is 25.3 Å². The normalized spacial score (nSPS) is 18.7. The van der Waals surface area contributed by atoms with Gasteiger partial charge < -0.3 is 15.1 Å². The van der Waals surface area contributed by atoms with E-state index in [2.05, 4.69) is 15.5 Å². The van der Waals surface area contributed by atoms with Crippen molar-refractivity contribution in [2.45, 2.75) is 33.1 Å². The second kappa shape index (κ2) is 7.25. The van der Waals surface area contributed by atoms with Crippen LogP contribution in [-0.4, -0.2) is 70.9 Å². The van der Waals surface area contributed by atoms with Crippen molar-refractivity contribution in [2.24, 2.45) is 5.92 Å². The Morgan fingerprint density at radius 2 is 1.80 bits per heavy atom. The summed E-state index contributed by atoms with van der Waals surface area (Å²) in [4.78, 5) is 39.9. The maximum absolute atomic E-state index is 12.8. The monoisotopic (exact) mass is 349 g/mol. The molecule has 0 spiro atoms. The molecule has 1 aliphatic rings. The molecular weight excluding hydrogens is 322 g/mol. The van der Waals surface area contributed by atoms with Crippen molar-refractivity contribution in [1.82, 2.24) is 25.3 Å². The Labute approximate surface area is 147 Å². The maximum atomic E-state index is 12.8. The number of nitrogens with one attached hydrogen (secondary N) is 2. The molecule has 1 aromatic heterocycles. The van der Waals surface area contributed by atoms with E-state index >= 15 is 0 Å². The molecule has 0 radical (unpaired) electrons. The van der Waals surface area contributed by atoms with Crippen LogP contribution in [-0.2, 0) is 15.0 Å². The van der Waals surface area contributed by atoms with Gasteiger partial charge in [-0.15, -0.1) is 0 Å². The number of aromatic nitrogens is 2. The average molecular weight is 349 g/mol. The Morgan fingerprint density at radius 3 is 2.32 bits per heavy atom. The molecule has 0 bridgehead atoms. The largest absolute Gasteiger partial charge is 0.359 e. The van der Waals surface area contributed by atoms with Crippen LogP contribution in [0.15, 0.2) is 6.07 Å². The zero-order chi connectivity index (χ0) is 18.8. The second-order valence-corrected chi connectivity index (χ2v) is 7.44. The first-order chi connectivity index (χ1) is 11.6. The van der Waals surface area contributed by atoms with Crippen molar-refractivity contribution in [2.75, 3.05) is 33.2 Å². The number of hydrogen-bond acceptors (Lipinski definition) is 4. The minimum absolute atomic E-state index is 0.0991. The Hall–Kier alpha value is -2.38. The van der Waals surface area contributed by atoms with Gasteiger partial charge in [-0.25, -0.2) is 0 Å². The number of amides is 3. The SMILES string of the molecule is CNC(=O)C1CN(C(C)=O)CCN(C(=O)c2cc(C(C)(C)C)[nH]n2)C1. The number of carbonyl (C=O) groups is 3. The van der Waals surface area contributed by atoms with Gasteiger partial charge in [0, 0.05) is 51.3 Å². The standard InChI is InChI=1S/C17H27N5O3/c1-11(23)21-6-7-22(10-12(9-21)15(24)18-5)16(25)13-8-14(20-19-13)17(2,3)4/h8,12H,6-7,9-10H2,1-5H3,(H,18,24)(H,19,20). The zero-order valence-electron chi connectivity index (χ0n) is 15.5. The minimum atomic E-state index is -0.457. The third-order valence-corrected chi connectivity index (χ3v) is 4.48. The first-order valence-electron chi connectivity index (χ1n) is 8.45. The van der Waals surface area contributed by atoms with Crippen LogP contribution < -0.4 is 5.32 Å². The molecule has 1 saturated heterocycles. The third-order valence-electron chi connectivity index (χ3n) is 4.48. The Balaban J connectivity index is 2.21. The molecule has 1 aromatic rings. The Bertz CT molecular complexity index is 661. The van der Waals surface area contributed by atoms with Gasteiger partial charge in [-0.1, -0.05) is 20.8 Å². The van der Waals surface area contributed by atoms with Crippen molar-refractivity contribution in [3.63, 3.8) is 0 Å². The predicted molar refractivity (Wildman–Crippen MR) is 93.0 cm³/mol. The summed E-state index contributed by atoms with van der Waals surface area (Å²) in [7, 11) is 1.56. The predicted octanol–water partition coefficient (Wildman–Crippen LogP) is 0.374. The summed E-state index contributed by atoms with van der Waals surface area (Å²) in [5.74, 6) is -0.964. The van der Waals surface area contributed by atoms with Crippen LogP contribution in [0.2, 0.25) is 0 Å². The van der Waals surface area contributed by atoms with Crippen LogP contribution in [0, 0.1) is 5.92 Å². The molecule has 2 N–H and O–H groups in total. The van der Waals surface area contributed by atoms with Crippen molar-refractivity contribution in [3.05, 3.63) is 17.5 Å². The molecular formula is C17H27N5O3. The number of nitrogens with zero attached hydrogens (tertiary/aromatic N) is 3. The fraction of sp³-hybridized carbons (Fsp3) is 0.647. The molecule has 2 heterocycles. The molecule has 8 heteroatoms. The van der Waals surface area contributed by atoms with E-state index in [1.807, 2.05) is 20.8 Å². The highest BCUT2D eigenvalue weighted by Gasteiger charge is 2.32. The number of rotatable bonds is 2. The summed E-state index contributed by atoms with van der Waals surface area (Å²) < 4.78 is 0. The first-order valence-corrected chi connectivity index (χ1v) is 8.45. The summed E-state index contributed by atoms with van der Waals surface area (Å²) >= 11 is 0. The summed E-state index contributed by atoms with van der Waals surface area (Å²) in [6, 6.07) is 1.75. The van der Waals surface area contributed by atoms with Crippen LogP contribution in [0.25, 0.3) is 0 Å². The highest BCUT2D eigenvalue weighted by Crippen LogP contribution is 2.21. The number of H-pyrrole nitrogens is 1. The number of aromatic amines is 1. The van der Waals surface area contributed by atoms with Gasteiger partial charge in [0.05, 0.1) is 5.92 Å². The van der Waals surface area contributed by atoms with Crippen LogP contribution >= 0.6 is 0 Å². The van der Waals surface area contributed by atoms with Crippen molar-refractivity contribution in [3.8, 4) is 0 Å². The summed E-state index contributed by atoms with van der Waals surface area (Å²) in [5.41, 5.74) is 1.07. The van der Waals surface area contributed by atoms with E-state index in [0.717, 1.165) is 5.69 Å². The van der Waals surface area contributed by atoms with Gasteiger partial charge in [0.25, 0.3) is 5.91 Å². The summed E-state index contributed by atoms with van der Waals surface area (Å²) in [6.07, 6.45) is 0. The molecule has 3 amide bonds. The number of carbonyl (C=O) groups excluding carboxylic acids is 3. The summed E-state index contributed by atoms with van der Waals surface area (Å²) in [6.45, 7) is 8.94. The third kappa shape index (κ3) is 4.37. The van der Waals surface area contributed by atoms with Gasteiger partial charge in [0.1, 0.15) is 5.69 Å². The highest BCUT2D eigenvalue weighted by atomic mass is 16.2. The quantitative estimate of drug-likeness (QED) is 0.806. The smallest absolute Gasteiger partial charge is 0.274 e. The lowest BCUT2D eigenvalue weighted by Crippen LogP contribution is -2.42.